The molecule has 1 saturated heterocycles. The van der Waals surface area contributed by atoms with Crippen molar-refractivity contribution in [3.05, 3.63) is 53.1 Å². The van der Waals surface area contributed by atoms with Crippen LogP contribution in [0.25, 0.3) is 0 Å². The number of ether oxygens (including phenoxy) is 1. The first kappa shape index (κ1) is 19.1. The zero-order valence-electron chi connectivity index (χ0n) is 15.5. The Labute approximate surface area is 157 Å². The largest absolute Gasteiger partial charge is 0.494 e. The third-order valence-electron chi connectivity index (χ3n) is 4.88. The Kier molecular flexibility index (Phi) is 5.91. The van der Waals surface area contributed by atoms with Crippen molar-refractivity contribution in [1.82, 2.24) is 15.2 Å². The number of H-pyrrole nitrogens is 1. The number of rotatable bonds is 6. The van der Waals surface area contributed by atoms with Gasteiger partial charge in [-0.1, -0.05) is 6.07 Å². The van der Waals surface area contributed by atoms with E-state index in [1.807, 2.05) is 6.07 Å². The van der Waals surface area contributed by atoms with Gasteiger partial charge in [0, 0.05) is 37.4 Å². The topological polar surface area (TPSA) is 74.4 Å². The minimum Gasteiger partial charge on any atom is -0.494 e. The van der Waals surface area contributed by atoms with E-state index in [9.17, 15) is 14.0 Å². The van der Waals surface area contributed by atoms with Gasteiger partial charge in [-0.3, -0.25) is 14.5 Å². The number of nitrogens with zero attached hydrogens (tertiary/aromatic N) is 1. The van der Waals surface area contributed by atoms with Crippen molar-refractivity contribution in [2.24, 2.45) is 0 Å². The van der Waals surface area contributed by atoms with Crippen LogP contribution in [-0.4, -0.2) is 47.8 Å². The molecular weight excluding hydrogens is 349 g/mol. The normalized spacial score (nSPS) is 15.5. The zero-order chi connectivity index (χ0) is 19.4. The molecule has 2 aromatic rings. The standard InChI is InChI=1S/C20H24FN3O3/c1-13(25)15-10-18(22-11-15)20(26)23-16-5-7-24(8-6-16)12-14-3-4-19(27-2)17(21)9-14/h3-4,9-11,16,22H,5-8,12H2,1-2H3,(H,23,26). The maximum absolute atomic E-state index is 13.8. The van der Waals surface area contributed by atoms with Crippen LogP contribution in [0.2, 0.25) is 0 Å². The molecule has 0 aliphatic carbocycles. The van der Waals surface area contributed by atoms with E-state index in [4.69, 9.17) is 4.74 Å². The summed E-state index contributed by atoms with van der Waals surface area (Å²) < 4.78 is 18.7. The van der Waals surface area contributed by atoms with Gasteiger partial charge in [-0.2, -0.15) is 0 Å². The second-order valence-electron chi connectivity index (χ2n) is 6.85. The molecule has 0 atom stereocenters. The Hall–Kier alpha value is -2.67. The van der Waals surface area contributed by atoms with Crippen molar-refractivity contribution < 1.29 is 18.7 Å². The van der Waals surface area contributed by atoms with E-state index in [2.05, 4.69) is 15.2 Å². The van der Waals surface area contributed by atoms with Crippen LogP contribution in [0.4, 0.5) is 4.39 Å². The molecule has 0 unspecified atom stereocenters. The molecule has 0 saturated carbocycles. The summed E-state index contributed by atoms with van der Waals surface area (Å²) in [5, 5.41) is 3.01. The van der Waals surface area contributed by atoms with Crippen LogP contribution in [0.3, 0.4) is 0 Å². The summed E-state index contributed by atoms with van der Waals surface area (Å²) >= 11 is 0. The van der Waals surface area contributed by atoms with Gasteiger partial charge in [0.1, 0.15) is 5.69 Å². The molecule has 7 heteroatoms. The molecule has 27 heavy (non-hydrogen) atoms. The fourth-order valence-electron chi connectivity index (χ4n) is 3.29. The molecule has 3 rings (SSSR count). The lowest BCUT2D eigenvalue weighted by molar-refractivity contribution is 0.0904. The first-order valence-corrected chi connectivity index (χ1v) is 9.01. The number of Topliss-reactive ketones (excluding diaryl/α,β-unsaturated/α-hetero) is 1. The third kappa shape index (κ3) is 4.74. The molecule has 0 spiro atoms. The van der Waals surface area contributed by atoms with Crippen molar-refractivity contribution in [3.63, 3.8) is 0 Å². The highest BCUT2D eigenvalue weighted by Crippen LogP contribution is 2.20. The first-order valence-electron chi connectivity index (χ1n) is 9.01. The number of carbonyl (C=O) groups is 2. The number of aromatic nitrogens is 1. The molecule has 6 nitrogen and oxygen atoms in total. The molecule has 1 aliphatic rings. The van der Waals surface area contributed by atoms with Gasteiger partial charge in [0.15, 0.2) is 17.3 Å². The van der Waals surface area contributed by atoms with Crippen LogP contribution in [-0.2, 0) is 6.54 Å². The molecule has 1 fully saturated rings. The number of halogens is 1. The zero-order valence-corrected chi connectivity index (χ0v) is 15.5. The Morgan fingerprint density at radius 2 is 2.04 bits per heavy atom. The molecular formula is C20H24FN3O3. The minimum absolute atomic E-state index is 0.0754. The van der Waals surface area contributed by atoms with Crippen LogP contribution >= 0.6 is 0 Å². The Balaban J connectivity index is 1.49. The maximum Gasteiger partial charge on any atom is 0.267 e. The van der Waals surface area contributed by atoms with E-state index in [1.165, 1.54) is 20.1 Å². The monoisotopic (exact) mass is 373 g/mol. The number of likely N-dealkylation sites (tertiary alicyclic amines) is 1. The predicted molar refractivity (Wildman–Crippen MR) is 99.5 cm³/mol. The number of carbonyl (C=O) groups excluding carboxylic acids is 2. The molecule has 1 aliphatic heterocycles. The summed E-state index contributed by atoms with van der Waals surface area (Å²) in [4.78, 5) is 28.7. The van der Waals surface area contributed by atoms with Crippen LogP contribution in [0.15, 0.2) is 30.5 Å². The minimum atomic E-state index is -0.354. The average molecular weight is 373 g/mol. The van der Waals surface area contributed by atoms with Crippen LogP contribution < -0.4 is 10.1 Å². The van der Waals surface area contributed by atoms with Gasteiger partial charge in [-0.05, 0) is 43.5 Å². The quantitative estimate of drug-likeness (QED) is 0.764. The van der Waals surface area contributed by atoms with E-state index in [-0.39, 0.29) is 29.3 Å². The molecule has 0 bridgehead atoms. The highest BCUT2D eigenvalue weighted by atomic mass is 19.1. The van der Waals surface area contributed by atoms with Gasteiger partial charge in [-0.15, -0.1) is 0 Å². The smallest absolute Gasteiger partial charge is 0.267 e. The SMILES string of the molecule is COc1ccc(CN2CCC(NC(=O)c3cc(C(C)=O)c[nH]3)CC2)cc1F. The van der Waals surface area contributed by atoms with Gasteiger partial charge < -0.3 is 15.0 Å². The highest BCUT2D eigenvalue weighted by molar-refractivity contribution is 5.99. The molecule has 2 heterocycles. The fourth-order valence-corrected chi connectivity index (χ4v) is 3.29. The summed E-state index contributed by atoms with van der Waals surface area (Å²) in [6, 6.07) is 6.68. The first-order chi connectivity index (χ1) is 13.0. The number of benzene rings is 1. The number of amides is 1. The van der Waals surface area contributed by atoms with Crippen molar-refractivity contribution in [3.8, 4) is 5.75 Å². The number of piperidine rings is 1. The van der Waals surface area contributed by atoms with Crippen LogP contribution in [0.5, 0.6) is 5.75 Å². The molecule has 1 aromatic carbocycles. The summed E-state index contributed by atoms with van der Waals surface area (Å²) in [5.74, 6) is -0.378. The van der Waals surface area contributed by atoms with E-state index < -0.39 is 0 Å². The lowest BCUT2D eigenvalue weighted by atomic mass is 10.0. The Bertz CT molecular complexity index is 826. The molecule has 144 valence electrons. The predicted octanol–water partition coefficient (Wildman–Crippen LogP) is 2.76. The number of methoxy groups -OCH3 is 1. The average Bonchev–Trinajstić information content (AvgIpc) is 3.14. The Morgan fingerprint density at radius 3 is 2.63 bits per heavy atom. The second-order valence-corrected chi connectivity index (χ2v) is 6.85. The van der Waals surface area contributed by atoms with Gasteiger partial charge in [0.25, 0.3) is 5.91 Å². The van der Waals surface area contributed by atoms with E-state index >= 15 is 0 Å². The molecule has 1 aromatic heterocycles. The van der Waals surface area contributed by atoms with Gasteiger partial charge in [0.2, 0.25) is 0 Å². The molecule has 0 radical (unpaired) electrons. The van der Waals surface area contributed by atoms with Crippen LogP contribution in [0.1, 0.15) is 46.2 Å². The second kappa shape index (κ2) is 8.35. The summed E-state index contributed by atoms with van der Waals surface area (Å²) in [6.07, 6.45) is 3.20. The summed E-state index contributed by atoms with van der Waals surface area (Å²) in [7, 11) is 1.45. The third-order valence-corrected chi connectivity index (χ3v) is 4.88. The summed E-state index contributed by atoms with van der Waals surface area (Å²) in [6.45, 7) is 3.78. The summed E-state index contributed by atoms with van der Waals surface area (Å²) in [5.41, 5.74) is 1.80. The van der Waals surface area contributed by atoms with Gasteiger partial charge in [-0.25, -0.2) is 4.39 Å². The van der Waals surface area contributed by atoms with Gasteiger partial charge >= 0.3 is 0 Å². The number of hydrogen-bond acceptors (Lipinski definition) is 4. The van der Waals surface area contributed by atoms with Crippen LogP contribution in [0, 0.1) is 5.82 Å². The number of ketones is 1. The van der Waals surface area contributed by atoms with E-state index in [0.29, 0.717) is 17.8 Å². The van der Waals surface area contributed by atoms with E-state index in [0.717, 1.165) is 31.5 Å². The number of hydrogen-bond donors (Lipinski definition) is 2. The molecule has 2 N–H and O–H groups in total. The lowest BCUT2D eigenvalue weighted by Gasteiger charge is -2.32. The van der Waals surface area contributed by atoms with Crippen molar-refractivity contribution in [1.29, 1.82) is 0 Å². The maximum atomic E-state index is 13.8. The highest BCUT2D eigenvalue weighted by Gasteiger charge is 2.22. The Morgan fingerprint density at radius 1 is 1.30 bits per heavy atom. The van der Waals surface area contributed by atoms with Crippen molar-refractivity contribution >= 4 is 11.7 Å². The fraction of sp³-hybridized carbons (Fsp3) is 0.400. The van der Waals surface area contributed by atoms with Gasteiger partial charge in [0.05, 0.1) is 7.11 Å². The molecule has 1 amide bonds. The van der Waals surface area contributed by atoms with Crippen molar-refractivity contribution in [2.75, 3.05) is 20.2 Å². The number of aromatic amines is 1. The number of nitrogens with one attached hydrogen (secondary N) is 2. The lowest BCUT2D eigenvalue weighted by Crippen LogP contribution is -2.44. The van der Waals surface area contributed by atoms with E-state index in [1.54, 1.807) is 18.3 Å². The van der Waals surface area contributed by atoms with Crippen molar-refractivity contribution in [2.45, 2.75) is 32.4 Å².